The van der Waals surface area contributed by atoms with E-state index in [0.717, 1.165) is 6.42 Å². The second-order valence-electron chi connectivity index (χ2n) is 2.99. The lowest BCUT2D eigenvalue weighted by Gasteiger charge is -2.00. The molecule has 2 nitrogen and oxygen atoms in total. The van der Waals surface area contributed by atoms with E-state index in [-0.39, 0.29) is 12.4 Å². The minimum absolute atomic E-state index is 0.0714. The van der Waals surface area contributed by atoms with E-state index in [2.05, 4.69) is 0 Å². The monoisotopic (exact) mass is 195 g/mol. The van der Waals surface area contributed by atoms with Crippen molar-refractivity contribution < 1.29 is 9.50 Å². The van der Waals surface area contributed by atoms with Crippen molar-refractivity contribution in [1.82, 2.24) is 0 Å². The van der Waals surface area contributed by atoms with Crippen molar-refractivity contribution >= 4 is 6.08 Å². The Kier molecular flexibility index (Phi) is 4.29. The van der Waals surface area contributed by atoms with E-state index < -0.39 is 0 Å². The molecule has 0 amide bonds. The molecule has 3 N–H and O–H groups in total. The highest BCUT2D eigenvalue weighted by Gasteiger charge is 1.99. The summed E-state index contributed by atoms with van der Waals surface area (Å²) in [6.45, 7) is 0.482. The summed E-state index contributed by atoms with van der Waals surface area (Å²) in [4.78, 5) is 0. The van der Waals surface area contributed by atoms with E-state index in [0.29, 0.717) is 17.7 Å². The zero-order valence-electron chi connectivity index (χ0n) is 7.91. The Balaban J connectivity index is 2.83. The Bertz CT molecular complexity index is 323. The number of benzene rings is 1. The Hall–Kier alpha value is -1.19. The molecule has 0 atom stereocenters. The van der Waals surface area contributed by atoms with Crippen LogP contribution >= 0.6 is 0 Å². The highest BCUT2D eigenvalue weighted by Crippen LogP contribution is 2.12. The fourth-order valence-corrected chi connectivity index (χ4v) is 1.13. The summed E-state index contributed by atoms with van der Waals surface area (Å²) in [5.74, 6) is -0.282. The minimum Gasteiger partial charge on any atom is -0.392 e. The third-order valence-electron chi connectivity index (χ3n) is 1.87. The van der Waals surface area contributed by atoms with Gasteiger partial charge in [-0.25, -0.2) is 4.39 Å². The first-order valence-corrected chi connectivity index (χ1v) is 4.54. The van der Waals surface area contributed by atoms with Crippen LogP contribution in [-0.2, 0) is 6.61 Å². The quantitative estimate of drug-likeness (QED) is 0.767. The van der Waals surface area contributed by atoms with Gasteiger partial charge >= 0.3 is 0 Å². The van der Waals surface area contributed by atoms with Crippen LogP contribution in [0.1, 0.15) is 17.5 Å². The second-order valence-corrected chi connectivity index (χ2v) is 2.99. The van der Waals surface area contributed by atoms with E-state index in [1.165, 1.54) is 6.07 Å². The number of rotatable bonds is 4. The fraction of sp³-hybridized carbons (Fsp3) is 0.273. The molecule has 1 aromatic rings. The third kappa shape index (κ3) is 2.94. The van der Waals surface area contributed by atoms with Crippen molar-refractivity contribution in [2.45, 2.75) is 13.0 Å². The van der Waals surface area contributed by atoms with Gasteiger partial charge in [0.1, 0.15) is 5.82 Å². The molecule has 76 valence electrons. The maximum absolute atomic E-state index is 13.2. The van der Waals surface area contributed by atoms with Gasteiger partial charge in [-0.1, -0.05) is 18.2 Å². The molecule has 1 aromatic carbocycles. The highest BCUT2D eigenvalue weighted by molar-refractivity contribution is 5.51. The second kappa shape index (κ2) is 5.52. The van der Waals surface area contributed by atoms with Crippen LogP contribution in [0.4, 0.5) is 4.39 Å². The van der Waals surface area contributed by atoms with Crippen LogP contribution in [-0.4, -0.2) is 11.7 Å². The van der Waals surface area contributed by atoms with Gasteiger partial charge in [-0.05, 0) is 30.7 Å². The zero-order chi connectivity index (χ0) is 10.4. The van der Waals surface area contributed by atoms with E-state index in [1.54, 1.807) is 18.2 Å². The molecule has 0 unspecified atom stereocenters. The lowest BCUT2D eigenvalue weighted by Crippen LogP contribution is -1.95. The normalized spacial score (nSPS) is 11.1. The lowest BCUT2D eigenvalue weighted by atomic mass is 10.1. The Morgan fingerprint density at radius 1 is 1.43 bits per heavy atom. The standard InChI is InChI=1S/C11H14FNO/c12-11-5-4-9(8-14)7-10(11)3-1-2-6-13/h1,3-5,7,14H,2,6,8,13H2. The van der Waals surface area contributed by atoms with Gasteiger partial charge in [-0.3, -0.25) is 0 Å². The highest BCUT2D eigenvalue weighted by atomic mass is 19.1. The van der Waals surface area contributed by atoms with Crippen LogP contribution in [0.3, 0.4) is 0 Å². The van der Waals surface area contributed by atoms with Crippen molar-refractivity contribution in [3.05, 3.63) is 41.2 Å². The van der Waals surface area contributed by atoms with Crippen LogP contribution in [0.2, 0.25) is 0 Å². The van der Waals surface area contributed by atoms with Gasteiger partial charge in [0.25, 0.3) is 0 Å². The summed E-state index contributed by atoms with van der Waals surface area (Å²) in [7, 11) is 0. The van der Waals surface area contributed by atoms with E-state index >= 15 is 0 Å². The molecular formula is C11H14FNO. The fourth-order valence-electron chi connectivity index (χ4n) is 1.13. The number of aliphatic hydroxyl groups excluding tert-OH is 1. The minimum atomic E-state index is -0.282. The van der Waals surface area contributed by atoms with E-state index in [1.807, 2.05) is 6.08 Å². The largest absolute Gasteiger partial charge is 0.392 e. The molecule has 3 heteroatoms. The van der Waals surface area contributed by atoms with Crippen molar-refractivity contribution in [2.75, 3.05) is 6.54 Å². The van der Waals surface area contributed by atoms with Crippen molar-refractivity contribution in [2.24, 2.45) is 5.73 Å². The molecule has 0 saturated carbocycles. The molecule has 0 spiro atoms. The van der Waals surface area contributed by atoms with Gasteiger partial charge in [0.05, 0.1) is 6.61 Å². The summed E-state index contributed by atoms with van der Waals surface area (Å²) in [5.41, 5.74) is 6.50. The SMILES string of the molecule is NCCC=Cc1cc(CO)ccc1F. The van der Waals surface area contributed by atoms with Crippen LogP contribution < -0.4 is 5.73 Å². The molecule has 0 aromatic heterocycles. The van der Waals surface area contributed by atoms with Gasteiger partial charge in [-0.2, -0.15) is 0 Å². The van der Waals surface area contributed by atoms with Gasteiger partial charge in [0.15, 0.2) is 0 Å². The number of aliphatic hydroxyl groups is 1. The van der Waals surface area contributed by atoms with Gasteiger partial charge < -0.3 is 10.8 Å². The maximum atomic E-state index is 13.2. The molecule has 0 aliphatic rings. The average Bonchev–Trinajstić information content (AvgIpc) is 2.21. The number of hydrogen-bond acceptors (Lipinski definition) is 2. The predicted octanol–water partition coefficient (Wildman–Crippen LogP) is 1.68. The molecule has 0 heterocycles. The van der Waals surface area contributed by atoms with Crippen LogP contribution in [0, 0.1) is 5.82 Å². The zero-order valence-corrected chi connectivity index (χ0v) is 7.91. The first-order valence-electron chi connectivity index (χ1n) is 4.54. The summed E-state index contributed by atoms with van der Waals surface area (Å²) < 4.78 is 13.2. The first-order chi connectivity index (χ1) is 6.77. The molecule has 0 radical (unpaired) electrons. The molecule has 1 rings (SSSR count). The lowest BCUT2D eigenvalue weighted by molar-refractivity contribution is 0.281. The average molecular weight is 195 g/mol. The topological polar surface area (TPSA) is 46.2 Å². The van der Waals surface area contributed by atoms with Crippen LogP contribution in [0.15, 0.2) is 24.3 Å². The molecule has 0 fully saturated rings. The molecule has 0 aliphatic heterocycles. The Morgan fingerprint density at radius 2 is 2.21 bits per heavy atom. The van der Waals surface area contributed by atoms with Crippen molar-refractivity contribution in [1.29, 1.82) is 0 Å². The summed E-state index contributed by atoms with van der Waals surface area (Å²) >= 11 is 0. The van der Waals surface area contributed by atoms with E-state index in [9.17, 15) is 4.39 Å². The Morgan fingerprint density at radius 3 is 2.86 bits per heavy atom. The van der Waals surface area contributed by atoms with Gasteiger partial charge in [0, 0.05) is 5.56 Å². The summed E-state index contributed by atoms with van der Waals surface area (Å²) in [6.07, 6.45) is 4.23. The molecule has 0 aliphatic carbocycles. The van der Waals surface area contributed by atoms with Crippen LogP contribution in [0.25, 0.3) is 6.08 Å². The Labute approximate surface area is 82.9 Å². The first kappa shape index (κ1) is 10.9. The smallest absolute Gasteiger partial charge is 0.130 e. The van der Waals surface area contributed by atoms with Gasteiger partial charge in [-0.15, -0.1) is 0 Å². The van der Waals surface area contributed by atoms with E-state index in [4.69, 9.17) is 10.8 Å². The molecule has 14 heavy (non-hydrogen) atoms. The molecular weight excluding hydrogens is 181 g/mol. The van der Waals surface area contributed by atoms with Crippen molar-refractivity contribution in [3.8, 4) is 0 Å². The number of nitrogens with two attached hydrogens (primary N) is 1. The number of hydrogen-bond donors (Lipinski definition) is 2. The molecule has 0 bridgehead atoms. The summed E-state index contributed by atoms with van der Waals surface area (Å²) in [6, 6.07) is 4.55. The van der Waals surface area contributed by atoms with Crippen molar-refractivity contribution in [3.63, 3.8) is 0 Å². The number of halogens is 1. The predicted molar refractivity (Wildman–Crippen MR) is 55.0 cm³/mol. The maximum Gasteiger partial charge on any atom is 0.130 e. The van der Waals surface area contributed by atoms with Gasteiger partial charge in [0.2, 0.25) is 0 Å². The third-order valence-corrected chi connectivity index (χ3v) is 1.87. The molecule has 0 saturated heterocycles. The van der Waals surface area contributed by atoms with Crippen LogP contribution in [0.5, 0.6) is 0 Å². The summed E-state index contributed by atoms with van der Waals surface area (Å²) in [5, 5.41) is 8.86.